The Bertz CT molecular complexity index is 402. The van der Waals surface area contributed by atoms with E-state index >= 15 is 0 Å². The molecule has 1 fully saturated rings. The van der Waals surface area contributed by atoms with E-state index in [0.717, 1.165) is 43.4 Å². The molecule has 2 rings (SSSR count). The number of hydrogen-bond donors (Lipinski definition) is 2. The van der Waals surface area contributed by atoms with Crippen LogP contribution in [0.5, 0.6) is 0 Å². The summed E-state index contributed by atoms with van der Waals surface area (Å²) in [6, 6.07) is 1.94. The molecule has 0 aliphatic carbocycles. The lowest BCUT2D eigenvalue weighted by molar-refractivity contribution is -0.121. The second-order valence-corrected chi connectivity index (χ2v) is 6.51. The van der Waals surface area contributed by atoms with Crippen molar-refractivity contribution in [1.82, 2.24) is 10.6 Å². The molecule has 106 valence electrons. The molecule has 0 radical (unpaired) electrons. The van der Waals surface area contributed by atoms with Crippen LogP contribution in [-0.4, -0.2) is 25.5 Å². The van der Waals surface area contributed by atoms with Crippen LogP contribution in [0.15, 0.2) is 11.4 Å². The number of nitrogens with one attached hydrogen (secondary N) is 2. The van der Waals surface area contributed by atoms with Crippen LogP contribution in [0.4, 0.5) is 0 Å². The first kappa shape index (κ1) is 14.8. The molecule has 1 amide bonds. The minimum absolute atomic E-state index is 0.147. The maximum Gasteiger partial charge on any atom is 0.220 e. The second kappa shape index (κ2) is 7.88. The highest BCUT2D eigenvalue weighted by molar-refractivity contribution is 7.10. The highest BCUT2D eigenvalue weighted by atomic mass is 35.5. The Hall–Kier alpha value is -0.580. The van der Waals surface area contributed by atoms with E-state index in [1.807, 2.05) is 11.4 Å². The molecule has 1 aromatic heterocycles. The summed E-state index contributed by atoms with van der Waals surface area (Å²) in [6.45, 7) is 3.05. The first-order valence-corrected chi connectivity index (χ1v) is 8.20. The maximum absolute atomic E-state index is 11.7. The first-order chi connectivity index (χ1) is 9.24. The summed E-state index contributed by atoms with van der Waals surface area (Å²) in [4.78, 5) is 12.9. The van der Waals surface area contributed by atoms with E-state index in [9.17, 15) is 4.79 Å². The van der Waals surface area contributed by atoms with Crippen molar-refractivity contribution in [2.75, 3.05) is 19.6 Å². The molecule has 19 heavy (non-hydrogen) atoms. The Labute approximate surface area is 123 Å². The number of thiophene rings is 1. The van der Waals surface area contributed by atoms with Crippen molar-refractivity contribution in [2.45, 2.75) is 32.1 Å². The molecule has 5 heteroatoms. The summed E-state index contributed by atoms with van der Waals surface area (Å²) < 4.78 is 0. The SMILES string of the molecule is O=C(CCc1cc(Cl)cs1)NCCC1CCCNC1. The van der Waals surface area contributed by atoms with Gasteiger partial charge in [-0.25, -0.2) is 0 Å². The van der Waals surface area contributed by atoms with E-state index in [1.165, 1.54) is 17.7 Å². The van der Waals surface area contributed by atoms with Crippen molar-refractivity contribution < 1.29 is 4.79 Å². The molecule has 1 saturated heterocycles. The third-order valence-corrected chi connectivity index (χ3v) is 4.84. The zero-order valence-corrected chi connectivity index (χ0v) is 12.7. The van der Waals surface area contributed by atoms with Gasteiger partial charge in [0, 0.05) is 23.2 Å². The molecule has 1 aliphatic rings. The smallest absolute Gasteiger partial charge is 0.220 e. The van der Waals surface area contributed by atoms with Gasteiger partial charge in [-0.3, -0.25) is 4.79 Å². The number of amides is 1. The summed E-state index contributed by atoms with van der Waals surface area (Å²) in [5.74, 6) is 0.874. The van der Waals surface area contributed by atoms with Gasteiger partial charge in [-0.2, -0.15) is 0 Å². The molecule has 1 atom stereocenters. The second-order valence-electron chi connectivity index (χ2n) is 5.08. The van der Waals surface area contributed by atoms with E-state index in [-0.39, 0.29) is 5.91 Å². The molecule has 0 saturated carbocycles. The summed E-state index contributed by atoms with van der Waals surface area (Å²) in [7, 11) is 0. The van der Waals surface area contributed by atoms with Crippen LogP contribution < -0.4 is 10.6 Å². The zero-order chi connectivity index (χ0) is 13.5. The summed E-state index contributed by atoms with van der Waals surface area (Å²) in [6.07, 6.45) is 4.98. The Morgan fingerprint density at radius 1 is 1.58 bits per heavy atom. The van der Waals surface area contributed by atoms with Gasteiger partial charge in [-0.1, -0.05) is 11.6 Å². The number of aryl methyl sites for hydroxylation is 1. The number of piperidine rings is 1. The van der Waals surface area contributed by atoms with Crippen LogP contribution >= 0.6 is 22.9 Å². The normalized spacial score (nSPS) is 19.3. The largest absolute Gasteiger partial charge is 0.356 e. The molecular weight excluding hydrogens is 280 g/mol. The summed E-state index contributed by atoms with van der Waals surface area (Å²) >= 11 is 7.47. The van der Waals surface area contributed by atoms with Gasteiger partial charge in [0.1, 0.15) is 0 Å². The Kier molecular flexibility index (Phi) is 6.14. The number of rotatable bonds is 6. The standard InChI is InChI=1S/C14H21ClN2OS/c15-12-8-13(19-10-12)3-4-14(18)17-7-5-11-2-1-6-16-9-11/h8,10-11,16H,1-7,9H2,(H,17,18). The first-order valence-electron chi connectivity index (χ1n) is 6.94. The molecule has 0 spiro atoms. The van der Waals surface area contributed by atoms with Gasteiger partial charge >= 0.3 is 0 Å². The fraction of sp³-hybridized carbons (Fsp3) is 0.643. The van der Waals surface area contributed by atoms with Crippen molar-refractivity contribution >= 4 is 28.8 Å². The van der Waals surface area contributed by atoms with Gasteiger partial charge in [-0.05, 0) is 50.8 Å². The van der Waals surface area contributed by atoms with Crippen LogP contribution in [0, 0.1) is 5.92 Å². The van der Waals surface area contributed by atoms with Crippen molar-refractivity contribution in [3.05, 3.63) is 21.3 Å². The van der Waals surface area contributed by atoms with E-state index in [2.05, 4.69) is 10.6 Å². The van der Waals surface area contributed by atoms with Gasteiger partial charge in [-0.15, -0.1) is 11.3 Å². The van der Waals surface area contributed by atoms with Crippen molar-refractivity contribution in [3.8, 4) is 0 Å². The van der Waals surface area contributed by atoms with Gasteiger partial charge in [0.15, 0.2) is 0 Å². The summed E-state index contributed by atoms with van der Waals surface area (Å²) in [5.41, 5.74) is 0. The van der Waals surface area contributed by atoms with E-state index in [1.54, 1.807) is 11.3 Å². The van der Waals surface area contributed by atoms with Crippen LogP contribution in [-0.2, 0) is 11.2 Å². The molecule has 1 unspecified atom stereocenters. The van der Waals surface area contributed by atoms with Crippen molar-refractivity contribution in [3.63, 3.8) is 0 Å². The minimum Gasteiger partial charge on any atom is -0.356 e. The third-order valence-electron chi connectivity index (χ3n) is 3.49. The molecule has 2 heterocycles. The Balaban J connectivity index is 1.56. The maximum atomic E-state index is 11.7. The molecular formula is C14H21ClN2OS. The number of hydrogen-bond acceptors (Lipinski definition) is 3. The lowest BCUT2D eigenvalue weighted by atomic mass is 9.96. The van der Waals surface area contributed by atoms with Gasteiger partial charge < -0.3 is 10.6 Å². The van der Waals surface area contributed by atoms with Crippen LogP contribution in [0.2, 0.25) is 5.02 Å². The highest BCUT2D eigenvalue weighted by Gasteiger charge is 2.12. The van der Waals surface area contributed by atoms with Crippen molar-refractivity contribution in [1.29, 1.82) is 0 Å². The Morgan fingerprint density at radius 2 is 2.47 bits per heavy atom. The predicted octanol–water partition coefficient (Wildman–Crippen LogP) is 2.84. The average molecular weight is 301 g/mol. The van der Waals surface area contributed by atoms with E-state index in [4.69, 9.17) is 11.6 Å². The van der Waals surface area contributed by atoms with Crippen molar-refractivity contribution in [2.24, 2.45) is 5.92 Å². The summed E-state index contributed by atoms with van der Waals surface area (Å²) in [5, 5.41) is 9.09. The molecule has 1 aliphatic heterocycles. The lowest BCUT2D eigenvalue weighted by Gasteiger charge is -2.22. The Morgan fingerprint density at radius 3 is 3.16 bits per heavy atom. The van der Waals surface area contributed by atoms with Gasteiger partial charge in [0.05, 0.1) is 5.02 Å². The zero-order valence-electron chi connectivity index (χ0n) is 11.1. The average Bonchev–Trinajstić information content (AvgIpc) is 2.83. The fourth-order valence-electron chi connectivity index (χ4n) is 2.40. The monoisotopic (exact) mass is 300 g/mol. The van der Waals surface area contributed by atoms with Crippen LogP contribution in [0.25, 0.3) is 0 Å². The molecule has 3 nitrogen and oxygen atoms in total. The lowest BCUT2D eigenvalue weighted by Crippen LogP contribution is -2.33. The predicted molar refractivity (Wildman–Crippen MR) is 80.9 cm³/mol. The molecule has 2 N–H and O–H groups in total. The number of carbonyl (C=O) groups is 1. The topological polar surface area (TPSA) is 41.1 Å². The quantitative estimate of drug-likeness (QED) is 0.848. The van der Waals surface area contributed by atoms with Crippen LogP contribution in [0.1, 0.15) is 30.6 Å². The molecule has 0 bridgehead atoms. The van der Waals surface area contributed by atoms with Crippen LogP contribution in [0.3, 0.4) is 0 Å². The molecule has 1 aromatic rings. The van der Waals surface area contributed by atoms with E-state index < -0.39 is 0 Å². The number of carbonyl (C=O) groups excluding carboxylic acids is 1. The van der Waals surface area contributed by atoms with Gasteiger partial charge in [0.25, 0.3) is 0 Å². The highest BCUT2D eigenvalue weighted by Crippen LogP contribution is 2.20. The minimum atomic E-state index is 0.147. The molecule has 0 aromatic carbocycles. The third kappa shape index (κ3) is 5.51. The number of halogens is 1. The fourth-order valence-corrected chi connectivity index (χ4v) is 3.47. The van der Waals surface area contributed by atoms with Gasteiger partial charge in [0.2, 0.25) is 5.91 Å². The van der Waals surface area contributed by atoms with E-state index in [0.29, 0.717) is 6.42 Å².